The smallest absolute Gasteiger partial charge is 0.277 e. The summed E-state index contributed by atoms with van der Waals surface area (Å²) in [7, 11) is 0. The Morgan fingerprint density at radius 1 is 1.22 bits per heavy atom. The van der Waals surface area contributed by atoms with E-state index in [9.17, 15) is 0 Å². The van der Waals surface area contributed by atoms with Crippen LogP contribution in [0.2, 0.25) is 0 Å². The average molecular weight is 346 g/mol. The predicted octanol–water partition coefficient (Wildman–Crippen LogP) is 4.04. The number of aryl methyl sites for hydroxylation is 1. The Labute approximate surface area is 138 Å². The Kier molecular flexibility index (Phi) is 3.72. The summed E-state index contributed by atoms with van der Waals surface area (Å²) >= 11 is 2.91. The normalized spacial score (nSPS) is 11.2. The Hall–Kier alpha value is -2.39. The molecule has 0 atom stereocenters. The SMILES string of the molecule is Cc1occc1-c1nnc(SCc2noc(-c3cccs3)n2)o1. The minimum absolute atomic E-state index is 0.436. The first-order valence-electron chi connectivity index (χ1n) is 6.67. The molecule has 0 radical (unpaired) electrons. The largest absolute Gasteiger partial charge is 0.469 e. The van der Waals surface area contributed by atoms with Crippen LogP contribution in [-0.2, 0) is 5.75 Å². The molecule has 0 aliphatic heterocycles. The van der Waals surface area contributed by atoms with Gasteiger partial charge in [-0.05, 0) is 24.4 Å². The number of aromatic nitrogens is 4. The van der Waals surface area contributed by atoms with Crippen LogP contribution in [0.3, 0.4) is 0 Å². The first kappa shape index (κ1) is 14.2. The number of thioether (sulfide) groups is 1. The fraction of sp³-hybridized carbons (Fsp3) is 0.143. The lowest BCUT2D eigenvalue weighted by molar-refractivity contribution is 0.425. The standard InChI is InChI=1S/C14H10N4O3S2/c1-8-9(4-5-19-8)12-16-17-14(20-12)23-7-11-15-13(21-18-11)10-3-2-6-22-10/h2-6H,7H2,1H3. The second kappa shape index (κ2) is 6.01. The van der Waals surface area contributed by atoms with Crippen LogP contribution in [0, 0.1) is 6.92 Å². The third-order valence-electron chi connectivity index (χ3n) is 3.02. The topological polar surface area (TPSA) is 91.0 Å². The summed E-state index contributed by atoms with van der Waals surface area (Å²) in [6.07, 6.45) is 1.59. The Bertz CT molecular complexity index is 910. The Balaban J connectivity index is 1.44. The summed E-state index contributed by atoms with van der Waals surface area (Å²) in [5, 5.41) is 14.4. The van der Waals surface area contributed by atoms with E-state index in [1.807, 2.05) is 24.4 Å². The zero-order chi connectivity index (χ0) is 15.6. The first-order valence-corrected chi connectivity index (χ1v) is 8.53. The molecule has 0 aliphatic rings. The number of thiophene rings is 1. The van der Waals surface area contributed by atoms with E-state index in [1.165, 1.54) is 11.8 Å². The molecule has 4 aromatic heterocycles. The van der Waals surface area contributed by atoms with Crippen LogP contribution in [0.15, 0.2) is 48.4 Å². The van der Waals surface area contributed by atoms with Gasteiger partial charge in [-0.25, -0.2) is 0 Å². The van der Waals surface area contributed by atoms with E-state index in [0.717, 1.165) is 16.2 Å². The molecule has 0 aliphatic carbocycles. The van der Waals surface area contributed by atoms with E-state index in [4.69, 9.17) is 13.4 Å². The van der Waals surface area contributed by atoms with Crippen molar-refractivity contribution in [2.75, 3.05) is 0 Å². The molecule has 0 bridgehead atoms. The summed E-state index contributed by atoms with van der Waals surface area (Å²) in [6.45, 7) is 1.85. The van der Waals surface area contributed by atoms with E-state index >= 15 is 0 Å². The van der Waals surface area contributed by atoms with Gasteiger partial charge in [-0.3, -0.25) is 0 Å². The quantitative estimate of drug-likeness (QED) is 0.500. The lowest BCUT2D eigenvalue weighted by atomic mass is 10.3. The Morgan fingerprint density at radius 3 is 2.96 bits per heavy atom. The van der Waals surface area contributed by atoms with Gasteiger partial charge in [0.1, 0.15) is 5.76 Å². The van der Waals surface area contributed by atoms with Gasteiger partial charge in [0.15, 0.2) is 5.82 Å². The minimum Gasteiger partial charge on any atom is -0.469 e. The fourth-order valence-electron chi connectivity index (χ4n) is 1.92. The maximum atomic E-state index is 5.61. The van der Waals surface area contributed by atoms with Gasteiger partial charge in [0.25, 0.3) is 17.0 Å². The van der Waals surface area contributed by atoms with Gasteiger partial charge >= 0.3 is 0 Å². The zero-order valence-corrected chi connectivity index (χ0v) is 13.6. The summed E-state index contributed by atoms with van der Waals surface area (Å²) < 4.78 is 16.1. The van der Waals surface area contributed by atoms with Crippen molar-refractivity contribution in [2.45, 2.75) is 17.9 Å². The number of nitrogens with zero attached hydrogens (tertiary/aromatic N) is 4. The molecule has 4 heterocycles. The summed E-state index contributed by atoms with van der Waals surface area (Å²) in [6, 6.07) is 5.67. The second-order valence-corrected chi connectivity index (χ2v) is 6.42. The van der Waals surface area contributed by atoms with Gasteiger partial charge in [-0.15, -0.1) is 21.5 Å². The molecule has 116 valence electrons. The number of hydrogen-bond donors (Lipinski definition) is 0. The monoisotopic (exact) mass is 346 g/mol. The minimum atomic E-state index is 0.436. The van der Waals surface area contributed by atoms with Gasteiger partial charge in [-0.2, -0.15) is 4.98 Å². The molecule has 0 amide bonds. The summed E-state index contributed by atoms with van der Waals surface area (Å²) in [5.74, 6) is 2.77. The maximum Gasteiger partial charge on any atom is 0.277 e. The number of rotatable bonds is 5. The number of furan rings is 1. The highest BCUT2D eigenvalue weighted by Gasteiger charge is 2.15. The molecule has 4 aromatic rings. The van der Waals surface area contributed by atoms with Gasteiger partial charge in [-0.1, -0.05) is 23.0 Å². The lowest BCUT2D eigenvalue weighted by Gasteiger charge is -1.91. The summed E-state index contributed by atoms with van der Waals surface area (Å²) in [4.78, 5) is 5.29. The molecule has 0 N–H and O–H groups in total. The molecule has 0 aromatic carbocycles. The first-order chi connectivity index (χ1) is 11.3. The fourth-order valence-corrected chi connectivity index (χ4v) is 3.17. The second-order valence-electron chi connectivity index (χ2n) is 4.55. The molecule has 0 fully saturated rings. The molecule has 7 nitrogen and oxygen atoms in total. The molecular weight excluding hydrogens is 336 g/mol. The van der Waals surface area contributed by atoms with Crippen LogP contribution < -0.4 is 0 Å². The molecule has 23 heavy (non-hydrogen) atoms. The van der Waals surface area contributed by atoms with Crippen molar-refractivity contribution in [3.05, 3.63) is 41.4 Å². The maximum absolute atomic E-state index is 5.61. The van der Waals surface area contributed by atoms with Crippen molar-refractivity contribution < 1.29 is 13.4 Å². The zero-order valence-electron chi connectivity index (χ0n) is 11.9. The van der Waals surface area contributed by atoms with Gasteiger partial charge in [0, 0.05) is 0 Å². The van der Waals surface area contributed by atoms with E-state index in [0.29, 0.717) is 28.6 Å². The number of hydrogen-bond acceptors (Lipinski definition) is 9. The van der Waals surface area contributed by atoms with Gasteiger partial charge in [0.2, 0.25) is 0 Å². The van der Waals surface area contributed by atoms with E-state index in [-0.39, 0.29) is 0 Å². The molecule has 0 saturated carbocycles. The molecule has 0 spiro atoms. The molecule has 0 saturated heterocycles. The van der Waals surface area contributed by atoms with Crippen molar-refractivity contribution >= 4 is 23.1 Å². The van der Waals surface area contributed by atoms with Crippen molar-refractivity contribution in [3.63, 3.8) is 0 Å². The van der Waals surface area contributed by atoms with E-state index < -0.39 is 0 Å². The average Bonchev–Trinajstić information content (AvgIpc) is 3.32. The predicted molar refractivity (Wildman–Crippen MR) is 83.9 cm³/mol. The van der Waals surface area contributed by atoms with E-state index in [2.05, 4.69) is 20.3 Å². The molecule has 4 rings (SSSR count). The van der Waals surface area contributed by atoms with Crippen LogP contribution in [0.5, 0.6) is 0 Å². The van der Waals surface area contributed by atoms with Crippen LogP contribution in [-0.4, -0.2) is 20.3 Å². The van der Waals surface area contributed by atoms with Crippen LogP contribution in [0.1, 0.15) is 11.6 Å². The highest BCUT2D eigenvalue weighted by molar-refractivity contribution is 7.98. The van der Waals surface area contributed by atoms with Crippen LogP contribution >= 0.6 is 23.1 Å². The molecule has 9 heteroatoms. The van der Waals surface area contributed by atoms with Crippen LogP contribution in [0.4, 0.5) is 0 Å². The third-order valence-corrected chi connectivity index (χ3v) is 4.69. The van der Waals surface area contributed by atoms with Crippen LogP contribution in [0.25, 0.3) is 22.2 Å². The highest BCUT2D eigenvalue weighted by atomic mass is 32.2. The van der Waals surface area contributed by atoms with Crippen molar-refractivity contribution in [1.82, 2.24) is 20.3 Å². The molecule has 0 unspecified atom stereocenters. The summed E-state index contributed by atoms with van der Waals surface area (Å²) in [5.41, 5.74) is 0.795. The lowest BCUT2D eigenvalue weighted by Crippen LogP contribution is -1.83. The van der Waals surface area contributed by atoms with Crippen molar-refractivity contribution in [1.29, 1.82) is 0 Å². The Morgan fingerprint density at radius 2 is 2.17 bits per heavy atom. The van der Waals surface area contributed by atoms with Gasteiger partial charge in [0.05, 0.1) is 22.5 Å². The highest BCUT2D eigenvalue weighted by Crippen LogP contribution is 2.28. The van der Waals surface area contributed by atoms with Gasteiger partial charge < -0.3 is 13.4 Å². The third kappa shape index (κ3) is 2.92. The molecular formula is C14H10N4O3S2. The van der Waals surface area contributed by atoms with Crippen molar-refractivity contribution in [3.8, 4) is 22.2 Å². The van der Waals surface area contributed by atoms with E-state index in [1.54, 1.807) is 23.7 Å². The van der Waals surface area contributed by atoms with Crippen molar-refractivity contribution in [2.24, 2.45) is 0 Å².